The predicted octanol–water partition coefficient (Wildman–Crippen LogP) is 1.77. The molecule has 2 rings (SSSR count). The second-order valence-electron chi connectivity index (χ2n) is 3.69. The number of aromatic nitrogens is 2. The van der Waals surface area contributed by atoms with E-state index in [2.05, 4.69) is 10.2 Å². The van der Waals surface area contributed by atoms with Crippen LogP contribution in [0.2, 0.25) is 0 Å². The topological polar surface area (TPSA) is 64.9 Å². The fraction of sp³-hybridized carbons (Fsp3) is 0.273. The lowest BCUT2D eigenvalue weighted by Crippen LogP contribution is -2.17. The van der Waals surface area contributed by atoms with Crippen molar-refractivity contribution in [1.82, 2.24) is 10.2 Å². The van der Waals surface area contributed by atoms with Crippen LogP contribution in [0.5, 0.6) is 0 Å². The van der Waals surface area contributed by atoms with Crippen molar-refractivity contribution >= 4 is 0 Å². The van der Waals surface area contributed by atoms with Crippen molar-refractivity contribution in [3.63, 3.8) is 0 Å². The Labute approximate surface area is 92.3 Å². The first kappa shape index (κ1) is 10.8. The van der Waals surface area contributed by atoms with Crippen LogP contribution in [-0.4, -0.2) is 16.2 Å². The van der Waals surface area contributed by atoms with E-state index >= 15 is 0 Å². The summed E-state index contributed by atoms with van der Waals surface area (Å²) in [4.78, 5) is 0. The minimum atomic E-state index is -0.329. The summed E-state index contributed by atoms with van der Waals surface area (Å²) < 4.78 is 18.3. The van der Waals surface area contributed by atoms with Gasteiger partial charge in [0.2, 0.25) is 11.8 Å². The van der Waals surface area contributed by atoms with Crippen molar-refractivity contribution in [2.45, 2.75) is 19.4 Å². The molecule has 0 aliphatic rings. The van der Waals surface area contributed by atoms with Gasteiger partial charge in [-0.25, -0.2) is 4.39 Å². The normalized spacial score (nSPS) is 12.7. The number of nitrogens with zero attached hydrogens (tertiary/aromatic N) is 2. The molecule has 0 radical (unpaired) electrons. The fourth-order valence-electron chi connectivity index (χ4n) is 1.35. The number of benzene rings is 1. The first-order valence-corrected chi connectivity index (χ1v) is 4.99. The molecule has 84 valence electrons. The average Bonchev–Trinajstić information content (AvgIpc) is 2.65. The molecule has 5 heteroatoms. The van der Waals surface area contributed by atoms with Crippen molar-refractivity contribution in [1.29, 1.82) is 0 Å². The molecule has 1 aromatic heterocycles. The Kier molecular flexibility index (Phi) is 2.96. The molecule has 1 unspecified atom stereocenters. The average molecular weight is 221 g/mol. The molecule has 16 heavy (non-hydrogen) atoms. The van der Waals surface area contributed by atoms with Gasteiger partial charge in [-0.1, -0.05) is 6.07 Å². The zero-order chi connectivity index (χ0) is 11.5. The third-order valence-electron chi connectivity index (χ3n) is 2.04. The highest BCUT2D eigenvalue weighted by Crippen LogP contribution is 2.18. The molecule has 1 aromatic carbocycles. The van der Waals surface area contributed by atoms with E-state index in [-0.39, 0.29) is 11.9 Å². The molecule has 0 saturated heterocycles. The third-order valence-corrected chi connectivity index (χ3v) is 2.04. The monoisotopic (exact) mass is 221 g/mol. The lowest BCUT2D eigenvalue weighted by Gasteiger charge is -1.98. The summed E-state index contributed by atoms with van der Waals surface area (Å²) in [7, 11) is 0. The van der Waals surface area contributed by atoms with Gasteiger partial charge in [0.25, 0.3) is 0 Å². The van der Waals surface area contributed by atoms with Gasteiger partial charge in [0, 0.05) is 18.0 Å². The van der Waals surface area contributed by atoms with Crippen LogP contribution in [0.15, 0.2) is 28.7 Å². The molecule has 0 aliphatic carbocycles. The molecular weight excluding hydrogens is 209 g/mol. The predicted molar refractivity (Wildman–Crippen MR) is 57.0 cm³/mol. The molecular formula is C11H12FN3O. The molecule has 1 heterocycles. The second kappa shape index (κ2) is 4.40. The summed E-state index contributed by atoms with van der Waals surface area (Å²) in [5.74, 6) is 0.453. The highest BCUT2D eigenvalue weighted by molar-refractivity contribution is 5.52. The Morgan fingerprint density at radius 2 is 2.25 bits per heavy atom. The van der Waals surface area contributed by atoms with E-state index in [9.17, 15) is 4.39 Å². The van der Waals surface area contributed by atoms with E-state index in [1.807, 2.05) is 6.92 Å². The lowest BCUT2D eigenvalue weighted by molar-refractivity contribution is 0.486. The maximum atomic E-state index is 13.0. The van der Waals surface area contributed by atoms with Crippen LogP contribution < -0.4 is 5.73 Å². The molecule has 2 aromatic rings. The lowest BCUT2D eigenvalue weighted by atomic mass is 10.2. The van der Waals surface area contributed by atoms with Gasteiger partial charge < -0.3 is 10.2 Å². The zero-order valence-electron chi connectivity index (χ0n) is 8.85. The van der Waals surface area contributed by atoms with Crippen molar-refractivity contribution in [2.75, 3.05) is 0 Å². The molecule has 0 spiro atoms. The van der Waals surface area contributed by atoms with Crippen LogP contribution in [0.25, 0.3) is 11.5 Å². The molecule has 4 nitrogen and oxygen atoms in total. The van der Waals surface area contributed by atoms with Gasteiger partial charge in [0.15, 0.2) is 0 Å². The summed E-state index contributed by atoms with van der Waals surface area (Å²) in [5.41, 5.74) is 6.18. The molecule has 0 bridgehead atoms. The third kappa shape index (κ3) is 2.43. The van der Waals surface area contributed by atoms with Crippen LogP contribution in [-0.2, 0) is 6.42 Å². The maximum Gasteiger partial charge on any atom is 0.247 e. The van der Waals surface area contributed by atoms with Gasteiger partial charge in [0.1, 0.15) is 5.82 Å². The number of hydrogen-bond acceptors (Lipinski definition) is 4. The maximum absolute atomic E-state index is 13.0. The summed E-state index contributed by atoms with van der Waals surface area (Å²) in [5, 5.41) is 7.68. The smallest absolute Gasteiger partial charge is 0.247 e. The van der Waals surface area contributed by atoms with Gasteiger partial charge in [-0.05, 0) is 25.1 Å². The van der Waals surface area contributed by atoms with Crippen molar-refractivity contribution < 1.29 is 8.81 Å². The van der Waals surface area contributed by atoms with Crippen molar-refractivity contribution in [3.05, 3.63) is 36.0 Å². The molecule has 1 atom stereocenters. The van der Waals surface area contributed by atoms with Crippen molar-refractivity contribution in [2.24, 2.45) is 5.73 Å². The second-order valence-corrected chi connectivity index (χ2v) is 3.69. The number of rotatable bonds is 3. The highest BCUT2D eigenvalue weighted by Gasteiger charge is 2.10. The van der Waals surface area contributed by atoms with Crippen LogP contribution in [0.1, 0.15) is 12.8 Å². The van der Waals surface area contributed by atoms with E-state index in [1.54, 1.807) is 12.1 Å². The molecule has 2 N–H and O–H groups in total. The number of nitrogens with two attached hydrogens (primary N) is 1. The van der Waals surface area contributed by atoms with Gasteiger partial charge in [-0.2, -0.15) is 0 Å². The number of hydrogen-bond donors (Lipinski definition) is 1. The van der Waals surface area contributed by atoms with E-state index in [0.29, 0.717) is 23.8 Å². The van der Waals surface area contributed by atoms with Crippen LogP contribution in [0.3, 0.4) is 0 Å². The van der Waals surface area contributed by atoms with Gasteiger partial charge >= 0.3 is 0 Å². The minimum absolute atomic E-state index is 0.0409. The Balaban J connectivity index is 2.24. The largest absolute Gasteiger partial charge is 0.421 e. The first-order valence-electron chi connectivity index (χ1n) is 4.99. The minimum Gasteiger partial charge on any atom is -0.421 e. The van der Waals surface area contributed by atoms with Crippen LogP contribution in [0, 0.1) is 5.82 Å². The summed E-state index contributed by atoms with van der Waals surface area (Å²) in [6.45, 7) is 1.85. The Morgan fingerprint density at radius 3 is 2.94 bits per heavy atom. The van der Waals surface area contributed by atoms with E-state index < -0.39 is 0 Å². The standard InChI is InChI=1S/C11H12FN3O/c1-7(13)5-10-14-15-11(16-10)8-3-2-4-9(12)6-8/h2-4,6-7H,5,13H2,1H3. The molecule has 0 fully saturated rings. The Bertz CT molecular complexity index is 482. The number of halogens is 1. The molecule has 0 aliphatic heterocycles. The summed E-state index contributed by atoms with van der Waals surface area (Å²) in [6.07, 6.45) is 0.516. The van der Waals surface area contributed by atoms with Gasteiger partial charge in [-0.3, -0.25) is 0 Å². The zero-order valence-corrected chi connectivity index (χ0v) is 8.85. The Hall–Kier alpha value is -1.75. The SMILES string of the molecule is CC(N)Cc1nnc(-c2cccc(F)c2)o1. The summed E-state index contributed by atoms with van der Waals surface area (Å²) >= 11 is 0. The molecule has 0 saturated carbocycles. The van der Waals surface area contributed by atoms with Gasteiger partial charge in [0.05, 0.1) is 0 Å². The van der Waals surface area contributed by atoms with E-state index in [1.165, 1.54) is 12.1 Å². The quantitative estimate of drug-likeness (QED) is 0.857. The van der Waals surface area contributed by atoms with Crippen LogP contribution in [0.4, 0.5) is 4.39 Å². The fourth-order valence-corrected chi connectivity index (χ4v) is 1.35. The van der Waals surface area contributed by atoms with Crippen molar-refractivity contribution in [3.8, 4) is 11.5 Å². The van der Waals surface area contributed by atoms with Crippen LogP contribution >= 0.6 is 0 Å². The first-order chi connectivity index (χ1) is 7.65. The van der Waals surface area contributed by atoms with Gasteiger partial charge in [-0.15, -0.1) is 10.2 Å². The van der Waals surface area contributed by atoms with E-state index in [0.717, 1.165) is 0 Å². The Morgan fingerprint density at radius 1 is 1.44 bits per heavy atom. The highest BCUT2D eigenvalue weighted by atomic mass is 19.1. The summed E-state index contributed by atoms with van der Waals surface area (Å²) in [6, 6.07) is 5.99. The molecule has 0 amide bonds. The van der Waals surface area contributed by atoms with E-state index in [4.69, 9.17) is 10.2 Å².